The Labute approximate surface area is 94.9 Å². The van der Waals surface area contributed by atoms with Gasteiger partial charge in [0.05, 0.1) is 0 Å². The van der Waals surface area contributed by atoms with Crippen LogP contribution in [0.5, 0.6) is 0 Å². The molecule has 0 atom stereocenters. The fourth-order valence-corrected chi connectivity index (χ4v) is 2.29. The molecule has 1 aromatic heterocycles. The average Bonchev–Trinajstić information content (AvgIpc) is 2.69. The minimum absolute atomic E-state index is 1.02. The maximum absolute atomic E-state index is 3.77. The minimum Gasteiger partial charge on any atom is -0.144 e. The van der Waals surface area contributed by atoms with Crippen LogP contribution in [0.15, 0.2) is 42.3 Å². The number of thiophene rings is 1. The van der Waals surface area contributed by atoms with Crippen LogP contribution >= 0.6 is 11.3 Å². The highest BCUT2D eigenvalue weighted by Crippen LogP contribution is 2.18. The molecule has 0 spiro atoms. The van der Waals surface area contributed by atoms with Crippen molar-refractivity contribution in [2.75, 3.05) is 0 Å². The smallest absolute Gasteiger partial charge is 0.0267 e. The van der Waals surface area contributed by atoms with Crippen LogP contribution in [0.25, 0.3) is 6.08 Å². The third kappa shape index (κ3) is 2.57. The third-order valence-corrected chi connectivity index (χ3v) is 3.38. The fraction of sp³-hybridized carbons (Fsp3) is 0.143. The highest BCUT2D eigenvalue weighted by molar-refractivity contribution is 7.11. The molecule has 0 radical (unpaired) electrons. The molecule has 0 nitrogen and oxygen atoms in total. The summed E-state index contributed by atoms with van der Waals surface area (Å²) >= 11 is 1.75. The van der Waals surface area contributed by atoms with E-state index < -0.39 is 0 Å². The minimum atomic E-state index is 1.02. The van der Waals surface area contributed by atoms with E-state index in [0.717, 1.165) is 6.42 Å². The normalized spacial score (nSPS) is 10.2. The van der Waals surface area contributed by atoms with Gasteiger partial charge in [0.25, 0.3) is 0 Å². The summed E-state index contributed by atoms with van der Waals surface area (Å²) in [4.78, 5) is 1.25. The van der Waals surface area contributed by atoms with Crippen molar-refractivity contribution in [3.63, 3.8) is 0 Å². The Morgan fingerprint density at radius 1 is 1.20 bits per heavy atom. The first-order chi connectivity index (χ1) is 7.28. The molecule has 1 heterocycles. The zero-order chi connectivity index (χ0) is 10.7. The Balaban J connectivity index is 2.14. The molecule has 0 aliphatic carbocycles. The summed E-state index contributed by atoms with van der Waals surface area (Å²) in [5, 5.41) is 2.21. The lowest BCUT2D eigenvalue weighted by atomic mass is 10.1. The molecular formula is C14H14S. The van der Waals surface area contributed by atoms with Crippen LogP contribution in [0, 0.1) is 6.92 Å². The Morgan fingerprint density at radius 3 is 2.53 bits per heavy atom. The second kappa shape index (κ2) is 4.45. The first-order valence-electron chi connectivity index (χ1n) is 5.03. The van der Waals surface area contributed by atoms with Gasteiger partial charge in [0.15, 0.2) is 0 Å². The molecule has 0 bridgehead atoms. The molecule has 0 saturated carbocycles. The molecule has 76 valence electrons. The molecule has 1 heteroatoms. The monoisotopic (exact) mass is 214 g/mol. The van der Waals surface area contributed by atoms with Crippen LogP contribution in [-0.2, 0) is 6.42 Å². The van der Waals surface area contributed by atoms with Gasteiger partial charge < -0.3 is 0 Å². The van der Waals surface area contributed by atoms with Crippen molar-refractivity contribution in [1.82, 2.24) is 0 Å². The van der Waals surface area contributed by atoms with E-state index in [2.05, 4.69) is 49.2 Å². The van der Waals surface area contributed by atoms with Gasteiger partial charge in [-0.2, -0.15) is 0 Å². The molecular weight excluding hydrogens is 200 g/mol. The lowest BCUT2D eigenvalue weighted by Crippen LogP contribution is -1.85. The lowest BCUT2D eigenvalue weighted by molar-refractivity contribution is 1.20. The van der Waals surface area contributed by atoms with E-state index in [-0.39, 0.29) is 0 Å². The van der Waals surface area contributed by atoms with E-state index in [4.69, 9.17) is 0 Å². The SMILES string of the molecule is C=Cc1cc(Cc2ccc(C)cc2)cs1. The third-order valence-electron chi connectivity index (χ3n) is 2.40. The molecule has 0 unspecified atom stereocenters. The summed E-state index contributed by atoms with van der Waals surface area (Å²) in [7, 11) is 0. The quantitative estimate of drug-likeness (QED) is 0.715. The van der Waals surface area contributed by atoms with Crippen molar-refractivity contribution in [2.24, 2.45) is 0 Å². The van der Waals surface area contributed by atoms with Gasteiger partial charge in [0.2, 0.25) is 0 Å². The molecule has 0 aliphatic rings. The van der Waals surface area contributed by atoms with Crippen molar-refractivity contribution in [2.45, 2.75) is 13.3 Å². The van der Waals surface area contributed by atoms with Gasteiger partial charge in [-0.3, -0.25) is 0 Å². The van der Waals surface area contributed by atoms with Crippen LogP contribution in [-0.4, -0.2) is 0 Å². The maximum atomic E-state index is 3.77. The number of hydrogen-bond acceptors (Lipinski definition) is 1. The molecule has 0 aliphatic heterocycles. The van der Waals surface area contributed by atoms with Crippen LogP contribution in [0.4, 0.5) is 0 Å². The Hall–Kier alpha value is -1.34. The van der Waals surface area contributed by atoms with Gasteiger partial charge in [-0.25, -0.2) is 0 Å². The van der Waals surface area contributed by atoms with E-state index in [1.165, 1.54) is 21.6 Å². The van der Waals surface area contributed by atoms with Crippen molar-refractivity contribution >= 4 is 17.4 Å². The van der Waals surface area contributed by atoms with E-state index in [0.29, 0.717) is 0 Å². The topological polar surface area (TPSA) is 0 Å². The fourth-order valence-electron chi connectivity index (χ4n) is 1.54. The van der Waals surface area contributed by atoms with Crippen LogP contribution < -0.4 is 0 Å². The van der Waals surface area contributed by atoms with Gasteiger partial charge in [0.1, 0.15) is 0 Å². The standard InChI is InChI=1S/C14H14S/c1-3-14-9-13(10-15-14)8-12-6-4-11(2)5-7-12/h3-7,9-10H,1,8H2,2H3. The van der Waals surface area contributed by atoms with E-state index in [9.17, 15) is 0 Å². The Bertz CT molecular complexity index is 448. The summed E-state index contributed by atoms with van der Waals surface area (Å²) < 4.78 is 0. The summed E-state index contributed by atoms with van der Waals surface area (Å²) in [6, 6.07) is 10.9. The number of aryl methyl sites for hydroxylation is 1. The predicted octanol–water partition coefficient (Wildman–Crippen LogP) is 4.29. The molecule has 0 N–H and O–H groups in total. The van der Waals surface area contributed by atoms with Crippen molar-refractivity contribution in [3.8, 4) is 0 Å². The van der Waals surface area contributed by atoms with Gasteiger partial charge in [-0.15, -0.1) is 11.3 Å². The molecule has 2 aromatic rings. The maximum Gasteiger partial charge on any atom is 0.0267 e. The van der Waals surface area contributed by atoms with Crippen molar-refractivity contribution < 1.29 is 0 Å². The molecule has 15 heavy (non-hydrogen) atoms. The van der Waals surface area contributed by atoms with E-state index in [1.54, 1.807) is 11.3 Å². The molecule has 0 saturated heterocycles. The van der Waals surface area contributed by atoms with Crippen LogP contribution in [0.2, 0.25) is 0 Å². The highest BCUT2D eigenvalue weighted by Gasteiger charge is 1.98. The summed E-state index contributed by atoms with van der Waals surface area (Å²) in [5.74, 6) is 0. The van der Waals surface area contributed by atoms with Gasteiger partial charge >= 0.3 is 0 Å². The summed E-state index contributed by atoms with van der Waals surface area (Å²) in [5.41, 5.74) is 4.06. The number of rotatable bonds is 3. The first-order valence-corrected chi connectivity index (χ1v) is 5.91. The second-order valence-corrected chi connectivity index (χ2v) is 4.67. The Morgan fingerprint density at radius 2 is 1.93 bits per heavy atom. The largest absolute Gasteiger partial charge is 0.144 e. The Kier molecular flexibility index (Phi) is 3.02. The molecule has 1 aromatic carbocycles. The van der Waals surface area contributed by atoms with Gasteiger partial charge in [-0.05, 0) is 35.9 Å². The van der Waals surface area contributed by atoms with Crippen LogP contribution in [0.3, 0.4) is 0 Å². The van der Waals surface area contributed by atoms with E-state index in [1.807, 2.05) is 6.08 Å². The summed E-state index contributed by atoms with van der Waals surface area (Å²) in [6.07, 6.45) is 2.92. The van der Waals surface area contributed by atoms with Crippen molar-refractivity contribution in [3.05, 3.63) is 63.9 Å². The molecule has 0 amide bonds. The first kappa shape index (κ1) is 10.2. The van der Waals surface area contributed by atoms with Crippen molar-refractivity contribution in [1.29, 1.82) is 0 Å². The summed E-state index contributed by atoms with van der Waals surface area (Å²) in [6.45, 7) is 5.89. The van der Waals surface area contributed by atoms with Gasteiger partial charge in [0, 0.05) is 4.88 Å². The van der Waals surface area contributed by atoms with Gasteiger partial charge in [-0.1, -0.05) is 42.5 Å². The number of hydrogen-bond donors (Lipinski definition) is 0. The number of benzene rings is 1. The van der Waals surface area contributed by atoms with Crippen LogP contribution in [0.1, 0.15) is 21.6 Å². The molecule has 2 rings (SSSR count). The average molecular weight is 214 g/mol. The lowest BCUT2D eigenvalue weighted by Gasteiger charge is -1.99. The predicted molar refractivity (Wildman–Crippen MR) is 68.4 cm³/mol. The highest BCUT2D eigenvalue weighted by atomic mass is 32.1. The zero-order valence-electron chi connectivity index (χ0n) is 8.86. The zero-order valence-corrected chi connectivity index (χ0v) is 9.68. The molecule has 0 fully saturated rings. The van der Waals surface area contributed by atoms with E-state index >= 15 is 0 Å². The second-order valence-electron chi connectivity index (χ2n) is 3.72.